The van der Waals surface area contributed by atoms with Crippen LogP contribution in [0.4, 0.5) is 22.7 Å². The molecule has 4 aromatic carbocycles. The maximum atomic E-state index is 6.31. The van der Waals surface area contributed by atoms with E-state index in [2.05, 4.69) is 38.1 Å². The summed E-state index contributed by atoms with van der Waals surface area (Å²) in [6, 6.07) is 32.2. The Balaban J connectivity index is 0.000000212. The molecule has 0 atom stereocenters. The summed E-state index contributed by atoms with van der Waals surface area (Å²) in [4.78, 5) is 0. The fraction of sp³-hybridized carbons (Fsp3) is 0.250. The zero-order valence-electron chi connectivity index (χ0n) is 21.6. The van der Waals surface area contributed by atoms with Gasteiger partial charge in [-0.3, -0.25) is 0 Å². The van der Waals surface area contributed by atoms with Crippen LogP contribution in [0.5, 0.6) is 0 Å². The summed E-state index contributed by atoms with van der Waals surface area (Å²) in [5.74, 6) is 0. The topological polar surface area (TPSA) is 104 Å². The number of para-hydroxylation sites is 4. The molecule has 0 fully saturated rings. The van der Waals surface area contributed by atoms with Gasteiger partial charge in [-0.05, 0) is 59.4 Å². The van der Waals surface area contributed by atoms with Crippen LogP contribution in [-0.4, -0.2) is 0 Å². The highest BCUT2D eigenvalue weighted by Gasteiger charge is 2.35. The lowest BCUT2D eigenvalue weighted by Gasteiger charge is -2.37. The highest BCUT2D eigenvalue weighted by atomic mass is 14.6. The first-order chi connectivity index (χ1) is 17.4. The number of benzene rings is 4. The third-order valence-corrected chi connectivity index (χ3v) is 6.80. The Bertz CT molecular complexity index is 1150. The molecule has 4 nitrogen and oxygen atoms in total. The van der Waals surface area contributed by atoms with Gasteiger partial charge in [-0.2, -0.15) is 0 Å². The fourth-order valence-electron chi connectivity index (χ4n) is 5.12. The van der Waals surface area contributed by atoms with Gasteiger partial charge in [0.1, 0.15) is 0 Å². The van der Waals surface area contributed by atoms with E-state index in [9.17, 15) is 0 Å². The van der Waals surface area contributed by atoms with Crippen LogP contribution in [0.25, 0.3) is 0 Å². The van der Waals surface area contributed by atoms with E-state index < -0.39 is 0 Å². The smallest absolute Gasteiger partial charge is 0.0355 e. The minimum absolute atomic E-state index is 0.0831. The molecular formula is C32H40N4. The number of hydrogen-bond donors (Lipinski definition) is 4. The average molecular weight is 481 g/mol. The van der Waals surface area contributed by atoms with Gasteiger partial charge in [0.2, 0.25) is 0 Å². The summed E-state index contributed by atoms with van der Waals surface area (Å²) in [5.41, 5.74) is 32.3. The van der Waals surface area contributed by atoms with Crippen molar-refractivity contribution in [3.8, 4) is 0 Å². The number of nitrogen functional groups attached to an aromatic ring is 4. The minimum atomic E-state index is -0.0831. The Morgan fingerprint density at radius 2 is 0.806 bits per heavy atom. The predicted octanol–water partition coefficient (Wildman–Crippen LogP) is 7.18. The molecule has 0 bridgehead atoms. The Morgan fingerprint density at radius 3 is 1.14 bits per heavy atom. The zero-order valence-corrected chi connectivity index (χ0v) is 21.6. The second-order valence-corrected chi connectivity index (χ2v) is 9.33. The summed E-state index contributed by atoms with van der Waals surface area (Å²) >= 11 is 0. The lowest BCUT2D eigenvalue weighted by molar-refractivity contribution is 0.429. The van der Waals surface area contributed by atoms with E-state index in [4.69, 9.17) is 22.9 Å². The molecule has 0 aromatic heterocycles. The molecule has 0 heterocycles. The molecule has 188 valence electrons. The van der Waals surface area contributed by atoms with E-state index in [0.717, 1.165) is 66.0 Å². The Labute approximate surface area is 216 Å². The van der Waals surface area contributed by atoms with E-state index in [1.807, 2.05) is 72.8 Å². The van der Waals surface area contributed by atoms with Crippen molar-refractivity contribution in [1.82, 2.24) is 0 Å². The van der Waals surface area contributed by atoms with Crippen molar-refractivity contribution in [1.29, 1.82) is 0 Å². The predicted molar refractivity (Wildman–Crippen MR) is 157 cm³/mol. The second kappa shape index (κ2) is 12.7. The van der Waals surface area contributed by atoms with E-state index in [0.29, 0.717) is 0 Å². The molecule has 0 saturated heterocycles. The molecule has 0 spiro atoms. The minimum Gasteiger partial charge on any atom is -0.398 e. The van der Waals surface area contributed by atoms with Gasteiger partial charge in [0.15, 0.2) is 0 Å². The standard InChI is InChI=1S/C19H26N2.C13H14N2/c1-3-13-19(14-4-2,15-9-5-7-11-17(15)20)16-10-6-8-12-18(16)21;14-12-7-3-1-5-10(12)9-11-6-2-4-8-13(11)15/h5-12H,3-4,13-14,20-21H2,1-2H3;1-8H,9,14-15H2. The summed E-state index contributed by atoms with van der Waals surface area (Å²) in [6.07, 6.45) is 5.11. The molecule has 4 aromatic rings. The first kappa shape index (κ1) is 26.7. The van der Waals surface area contributed by atoms with Crippen molar-refractivity contribution in [3.05, 3.63) is 119 Å². The van der Waals surface area contributed by atoms with Crippen molar-refractivity contribution in [2.24, 2.45) is 0 Å². The molecule has 0 amide bonds. The summed E-state index contributed by atoms with van der Waals surface area (Å²) < 4.78 is 0. The van der Waals surface area contributed by atoms with Crippen LogP contribution >= 0.6 is 0 Å². The molecule has 4 heteroatoms. The van der Waals surface area contributed by atoms with E-state index in [1.54, 1.807) is 0 Å². The summed E-state index contributed by atoms with van der Waals surface area (Å²) in [7, 11) is 0. The van der Waals surface area contributed by atoms with Crippen LogP contribution in [0.2, 0.25) is 0 Å². The largest absolute Gasteiger partial charge is 0.398 e. The molecule has 0 radical (unpaired) electrons. The maximum Gasteiger partial charge on any atom is 0.0355 e. The third kappa shape index (κ3) is 6.19. The molecule has 0 unspecified atom stereocenters. The fourth-order valence-corrected chi connectivity index (χ4v) is 5.12. The van der Waals surface area contributed by atoms with Gasteiger partial charge in [0.05, 0.1) is 0 Å². The van der Waals surface area contributed by atoms with Crippen molar-refractivity contribution >= 4 is 22.7 Å². The van der Waals surface area contributed by atoms with Crippen molar-refractivity contribution in [3.63, 3.8) is 0 Å². The summed E-state index contributed by atoms with van der Waals surface area (Å²) in [5, 5.41) is 0. The highest BCUT2D eigenvalue weighted by molar-refractivity contribution is 5.61. The van der Waals surface area contributed by atoms with Gasteiger partial charge in [-0.1, -0.05) is 99.5 Å². The average Bonchev–Trinajstić information content (AvgIpc) is 2.88. The highest BCUT2D eigenvalue weighted by Crippen LogP contribution is 2.45. The van der Waals surface area contributed by atoms with E-state index in [1.165, 1.54) is 11.1 Å². The zero-order chi connectivity index (χ0) is 26.0. The van der Waals surface area contributed by atoms with E-state index in [-0.39, 0.29) is 5.41 Å². The summed E-state index contributed by atoms with van der Waals surface area (Å²) in [6.45, 7) is 4.45. The van der Waals surface area contributed by atoms with Crippen LogP contribution < -0.4 is 22.9 Å². The molecule has 8 N–H and O–H groups in total. The van der Waals surface area contributed by atoms with Crippen LogP contribution in [0.15, 0.2) is 97.1 Å². The number of nitrogens with two attached hydrogens (primary N) is 4. The van der Waals surface area contributed by atoms with Crippen LogP contribution in [0.1, 0.15) is 61.8 Å². The molecular weight excluding hydrogens is 440 g/mol. The first-order valence-corrected chi connectivity index (χ1v) is 12.8. The molecule has 0 saturated carbocycles. The number of hydrogen-bond acceptors (Lipinski definition) is 4. The SMILES string of the molecule is CCCC(CCC)(c1ccccc1N)c1ccccc1N.Nc1ccccc1Cc1ccccc1N. The van der Waals surface area contributed by atoms with E-state index >= 15 is 0 Å². The third-order valence-electron chi connectivity index (χ3n) is 6.80. The van der Waals surface area contributed by atoms with Crippen molar-refractivity contribution in [2.45, 2.75) is 51.4 Å². The molecule has 0 aliphatic rings. The number of anilines is 4. The van der Waals surface area contributed by atoms with Gasteiger partial charge < -0.3 is 22.9 Å². The second-order valence-electron chi connectivity index (χ2n) is 9.33. The van der Waals surface area contributed by atoms with Gasteiger partial charge in [0, 0.05) is 34.6 Å². The molecule has 4 rings (SSSR count). The molecule has 0 aliphatic heterocycles. The Kier molecular flexibility index (Phi) is 9.40. The van der Waals surface area contributed by atoms with Crippen molar-refractivity contribution < 1.29 is 0 Å². The lowest BCUT2D eigenvalue weighted by Crippen LogP contribution is -2.29. The monoisotopic (exact) mass is 480 g/mol. The Hall–Kier alpha value is -3.92. The normalized spacial score (nSPS) is 10.9. The molecule has 0 aliphatic carbocycles. The number of rotatable bonds is 8. The lowest BCUT2D eigenvalue weighted by atomic mass is 9.67. The first-order valence-electron chi connectivity index (χ1n) is 12.8. The van der Waals surface area contributed by atoms with Crippen molar-refractivity contribution in [2.75, 3.05) is 22.9 Å². The van der Waals surface area contributed by atoms with Gasteiger partial charge in [0.25, 0.3) is 0 Å². The maximum absolute atomic E-state index is 6.31. The molecule has 36 heavy (non-hydrogen) atoms. The quantitative estimate of drug-likeness (QED) is 0.200. The van der Waals surface area contributed by atoms with Gasteiger partial charge in [-0.25, -0.2) is 0 Å². The van der Waals surface area contributed by atoms with Crippen LogP contribution in [0.3, 0.4) is 0 Å². The van der Waals surface area contributed by atoms with Gasteiger partial charge in [-0.15, -0.1) is 0 Å². The van der Waals surface area contributed by atoms with Crippen LogP contribution in [-0.2, 0) is 11.8 Å². The van der Waals surface area contributed by atoms with Crippen LogP contribution in [0, 0.1) is 0 Å². The Morgan fingerprint density at radius 1 is 0.472 bits per heavy atom. The van der Waals surface area contributed by atoms with Gasteiger partial charge >= 0.3 is 0 Å².